The van der Waals surface area contributed by atoms with Gasteiger partial charge in [0.1, 0.15) is 0 Å². The molecule has 2 aliphatic rings. The molecule has 0 amide bonds. The third-order valence-corrected chi connectivity index (χ3v) is 5.00. The Balaban J connectivity index is 0.00000243. The number of rotatable bonds is 6. The number of guanidine groups is 1. The van der Waals surface area contributed by atoms with E-state index >= 15 is 0 Å². The van der Waals surface area contributed by atoms with E-state index in [1.807, 2.05) is 0 Å². The van der Waals surface area contributed by atoms with Crippen molar-refractivity contribution in [1.29, 1.82) is 0 Å². The smallest absolute Gasteiger partial charge is 0.191 e. The van der Waals surface area contributed by atoms with Crippen molar-refractivity contribution in [3.63, 3.8) is 0 Å². The summed E-state index contributed by atoms with van der Waals surface area (Å²) in [6, 6.07) is 11.3. The van der Waals surface area contributed by atoms with E-state index in [9.17, 15) is 0 Å². The molecule has 3 rings (SSSR count). The zero-order chi connectivity index (χ0) is 17.3. The van der Waals surface area contributed by atoms with Crippen molar-refractivity contribution in [2.24, 2.45) is 4.99 Å². The van der Waals surface area contributed by atoms with Crippen LogP contribution < -0.4 is 10.6 Å². The summed E-state index contributed by atoms with van der Waals surface area (Å²) in [5, 5.41) is 7.00. The van der Waals surface area contributed by atoms with Gasteiger partial charge in [-0.05, 0) is 38.2 Å². The van der Waals surface area contributed by atoms with Crippen molar-refractivity contribution in [2.75, 3.05) is 32.8 Å². The highest BCUT2D eigenvalue weighted by Gasteiger charge is 2.20. The summed E-state index contributed by atoms with van der Waals surface area (Å²) in [6.07, 6.45) is 4.95. The van der Waals surface area contributed by atoms with E-state index in [1.54, 1.807) is 0 Å². The summed E-state index contributed by atoms with van der Waals surface area (Å²) >= 11 is 0. The maximum absolute atomic E-state index is 5.67. The zero-order valence-electron chi connectivity index (χ0n) is 15.8. The van der Waals surface area contributed by atoms with Crippen LogP contribution in [0, 0.1) is 0 Å². The molecule has 0 saturated carbocycles. The third-order valence-electron chi connectivity index (χ3n) is 5.00. The molecule has 0 aromatic heterocycles. The number of ether oxygens (including phenoxy) is 1. The fraction of sp³-hybridized carbons (Fsp3) is 0.650. The number of nitrogens with one attached hydrogen (secondary N) is 2. The number of hydrogen-bond acceptors (Lipinski definition) is 3. The van der Waals surface area contributed by atoms with Crippen LogP contribution in [0.2, 0.25) is 0 Å². The quantitative estimate of drug-likeness (QED) is 0.380. The Bertz CT molecular complexity index is 526. The van der Waals surface area contributed by atoms with Crippen LogP contribution in [0.5, 0.6) is 0 Å². The number of hydrogen-bond donors (Lipinski definition) is 2. The maximum atomic E-state index is 5.67. The molecule has 2 saturated heterocycles. The largest absolute Gasteiger partial charge is 0.376 e. The molecule has 2 fully saturated rings. The van der Waals surface area contributed by atoms with E-state index in [0.29, 0.717) is 12.1 Å². The standard InChI is InChI=1S/C20H32N4O.HI/c1-2-21-20(22-15-19-9-6-14-25-19)23-18-10-12-24(13-11-18)16-17-7-4-3-5-8-17;/h3-5,7-8,18-19H,2,6,9-16H2,1H3,(H2,21,22,23);1H. The number of piperidine rings is 1. The van der Waals surface area contributed by atoms with Gasteiger partial charge >= 0.3 is 0 Å². The van der Waals surface area contributed by atoms with Crippen molar-refractivity contribution in [1.82, 2.24) is 15.5 Å². The molecule has 6 heteroatoms. The highest BCUT2D eigenvalue weighted by atomic mass is 127. The second-order valence-corrected chi connectivity index (χ2v) is 7.04. The molecule has 1 unspecified atom stereocenters. The van der Waals surface area contributed by atoms with Crippen LogP contribution in [0.25, 0.3) is 0 Å². The minimum absolute atomic E-state index is 0. The van der Waals surface area contributed by atoms with Gasteiger partial charge in [-0.25, -0.2) is 0 Å². The van der Waals surface area contributed by atoms with Crippen LogP contribution in [0.3, 0.4) is 0 Å². The second kappa shape index (κ2) is 11.8. The van der Waals surface area contributed by atoms with Gasteiger partial charge in [-0.2, -0.15) is 0 Å². The van der Waals surface area contributed by atoms with Gasteiger partial charge in [0.2, 0.25) is 0 Å². The van der Waals surface area contributed by atoms with Gasteiger partial charge in [-0.3, -0.25) is 9.89 Å². The monoisotopic (exact) mass is 472 g/mol. The fourth-order valence-electron chi connectivity index (χ4n) is 3.57. The van der Waals surface area contributed by atoms with Crippen LogP contribution in [-0.2, 0) is 11.3 Å². The van der Waals surface area contributed by atoms with Gasteiger partial charge in [0.15, 0.2) is 5.96 Å². The van der Waals surface area contributed by atoms with E-state index in [4.69, 9.17) is 9.73 Å². The van der Waals surface area contributed by atoms with Crippen LogP contribution in [0.15, 0.2) is 35.3 Å². The minimum Gasteiger partial charge on any atom is -0.376 e. The van der Waals surface area contributed by atoms with Crippen LogP contribution in [0.4, 0.5) is 0 Å². The minimum atomic E-state index is 0. The molecule has 0 radical (unpaired) electrons. The van der Waals surface area contributed by atoms with Crippen molar-refractivity contribution in [3.05, 3.63) is 35.9 Å². The maximum Gasteiger partial charge on any atom is 0.191 e. The lowest BCUT2D eigenvalue weighted by Gasteiger charge is -2.33. The first-order valence-electron chi connectivity index (χ1n) is 9.76. The van der Waals surface area contributed by atoms with Gasteiger partial charge in [0.25, 0.3) is 0 Å². The number of halogens is 1. The predicted molar refractivity (Wildman–Crippen MR) is 118 cm³/mol. The van der Waals surface area contributed by atoms with Crippen LogP contribution in [0.1, 0.15) is 38.2 Å². The Labute approximate surface area is 175 Å². The molecule has 1 atom stereocenters. The van der Waals surface area contributed by atoms with E-state index in [0.717, 1.165) is 64.6 Å². The Morgan fingerprint density at radius 2 is 1.96 bits per heavy atom. The van der Waals surface area contributed by atoms with Gasteiger partial charge in [0, 0.05) is 38.8 Å². The van der Waals surface area contributed by atoms with E-state index in [1.165, 1.54) is 12.0 Å². The average Bonchev–Trinajstić information content (AvgIpc) is 3.16. The van der Waals surface area contributed by atoms with Crippen LogP contribution in [-0.4, -0.2) is 55.8 Å². The van der Waals surface area contributed by atoms with E-state index < -0.39 is 0 Å². The Morgan fingerprint density at radius 3 is 2.62 bits per heavy atom. The van der Waals surface area contributed by atoms with Crippen molar-refractivity contribution in [3.8, 4) is 0 Å². The molecule has 146 valence electrons. The first-order valence-corrected chi connectivity index (χ1v) is 9.76. The molecule has 0 spiro atoms. The molecular weight excluding hydrogens is 439 g/mol. The SMILES string of the molecule is CCNC(=NCC1CCCO1)NC1CCN(Cc2ccccc2)CC1.I. The fourth-order valence-corrected chi connectivity index (χ4v) is 3.57. The van der Waals surface area contributed by atoms with Gasteiger partial charge in [-0.15, -0.1) is 24.0 Å². The highest BCUT2D eigenvalue weighted by Crippen LogP contribution is 2.14. The van der Waals surface area contributed by atoms with Gasteiger partial charge in [-0.1, -0.05) is 30.3 Å². The van der Waals surface area contributed by atoms with Crippen LogP contribution >= 0.6 is 24.0 Å². The Hall–Kier alpha value is -0.860. The number of aliphatic imine (C=N–C) groups is 1. The molecular formula is C20H33IN4O. The summed E-state index contributed by atoms with van der Waals surface area (Å²) in [5.41, 5.74) is 1.40. The zero-order valence-corrected chi connectivity index (χ0v) is 18.2. The molecule has 5 nitrogen and oxygen atoms in total. The second-order valence-electron chi connectivity index (χ2n) is 7.04. The molecule has 26 heavy (non-hydrogen) atoms. The topological polar surface area (TPSA) is 48.9 Å². The lowest BCUT2D eigenvalue weighted by molar-refractivity contribution is 0.117. The first kappa shape index (κ1) is 21.4. The van der Waals surface area contributed by atoms with Crippen molar-refractivity contribution >= 4 is 29.9 Å². The molecule has 2 N–H and O–H groups in total. The molecule has 1 aromatic carbocycles. The summed E-state index contributed by atoms with van der Waals surface area (Å²) in [5.74, 6) is 0.944. The Morgan fingerprint density at radius 1 is 1.19 bits per heavy atom. The Kier molecular flexibility index (Phi) is 9.71. The lowest BCUT2D eigenvalue weighted by Crippen LogP contribution is -2.48. The number of likely N-dealkylation sites (tertiary alicyclic amines) is 1. The van der Waals surface area contributed by atoms with E-state index in [2.05, 4.69) is 52.8 Å². The van der Waals surface area contributed by atoms with Crippen molar-refractivity contribution < 1.29 is 4.74 Å². The molecule has 2 heterocycles. The summed E-state index contributed by atoms with van der Waals surface area (Å²) in [6.45, 7) is 8.00. The molecule has 1 aromatic rings. The normalized spacial score (nSPS) is 22.0. The summed E-state index contributed by atoms with van der Waals surface area (Å²) in [7, 11) is 0. The number of nitrogens with zero attached hydrogens (tertiary/aromatic N) is 2. The molecule has 0 aliphatic carbocycles. The third kappa shape index (κ3) is 7.04. The highest BCUT2D eigenvalue weighted by molar-refractivity contribution is 14.0. The summed E-state index contributed by atoms with van der Waals surface area (Å²) in [4.78, 5) is 7.28. The van der Waals surface area contributed by atoms with Gasteiger partial charge < -0.3 is 15.4 Å². The van der Waals surface area contributed by atoms with Gasteiger partial charge in [0.05, 0.1) is 12.6 Å². The van der Waals surface area contributed by atoms with Crippen molar-refractivity contribution in [2.45, 2.75) is 51.3 Å². The predicted octanol–water partition coefficient (Wildman–Crippen LogP) is 3.00. The molecule has 2 aliphatic heterocycles. The molecule has 0 bridgehead atoms. The van der Waals surface area contributed by atoms with E-state index in [-0.39, 0.29) is 24.0 Å². The average molecular weight is 472 g/mol. The first-order chi connectivity index (χ1) is 12.3. The number of benzene rings is 1. The summed E-state index contributed by atoms with van der Waals surface area (Å²) < 4.78 is 5.67. The lowest BCUT2D eigenvalue weighted by atomic mass is 10.0.